The number of carboxylic acids is 1. The molecule has 4 nitrogen and oxygen atoms in total. The van der Waals surface area contributed by atoms with Gasteiger partial charge in [-0.15, -0.1) is 6.58 Å². The number of benzene rings is 1. The molecular formula is C13H13F2NO3. The maximum absolute atomic E-state index is 13.3. The van der Waals surface area contributed by atoms with Crippen LogP contribution in [-0.2, 0) is 16.0 Å². The molecule has 1 atom stereocenters. The van der Waals surface area contributed by atoms with Crippen molar-refractivity contribution in [2.24, 2.45) is 0 Å². The maximum Gasteiger partial charge on any atom is 0.326 e. The number of carbonyl (C=O) groups is 2. The number of hydrogen-bond donors (Lipinski definition) is 2. The lowest BCUT2D eigenvalue weighted by Gasteiger charge is -2.13. The second kappa shape index (κ2) is 6.63. The van der Waals surface area contributed by atoms with Gasteiger partial charge in [-0.25, -0.2) is 13.6 Å². The molecular weight excluding hydrogens is 256 g/mol. The van der Waals surface area contributed by atoms with Gasteiger partial charge in [-0.2, -0.15) is 0 Å². The second-order valence-electron chi connectivity index (χ2n) is 3.86. The van der Waals surface area contributed by atoms with Crippen molar-refractivity contribution >= 4 is 11.9 Å². The van der Waals surface area contributed by atoms with Crippen LogP contribution in [0.15, 0.2) is 30.9 Å². The first-order chi connectivity index (χ1) is 8.95. The molecule has 0 aliphatic rings. The van der Waals surface area contributed by atoms with E-state index < -0.39 is 36.0 Å². The van der Waals surface area contributed by atoms with E-state index in [4.69, 9.17) is 5.11 Å². The zero-order valence-electron chi connectivity index (χ0n) is 10.0. The molecule has 1 amide bonds. The van der Waals surface area contributed by atoms with Crippen LogP contribution in [-0.4, -0.2) is 23.0 Å². The normalized spacial score (nSPS) is 11.7. The fourth-order valence-electron chi connectivity index (χ4n) is 1.50. The van der Waals surface area contributed by atoms with Crippen LogP contribution >= 0.6 is 0 Å². The highest BCUT2D eigenvalue weighted by atomic mass is 19.1. The number of nitrogens with one attached hydrogen (secondary N) is 1. The van der Waals surface area contributed by atoms with E-state index in [9.17, 15) is 18.4 Å². The number of hydrogen-bond acceptors (Lipinski definition) is 2. The number of rotatable bonds is 6. The Morgan fingerprint density at radius 1 is 1.37 bits per heavy atom. The van der Waals surface area contributed by atoms with Gasteiger partial charge in [0.05, 0.1) is 6.42 Å². The van der Waals surface area contributed by atoms with Crippen LogP contribution < -0.4 is 5.32 Å². The first kappa shape index (κ1) is 14.8. The summed E-state index contributed by atoms with van der Waals surface area (Å²) in [6.45, 7) is 3.37. The third kappa shape index (κ3) is 4.17. The molecule has 0 aliphatic carbocycles. The summed E-state index contributed by atoms with van der Waals surface area (Å²) in [5.74, 6) is -3.68. The Labute approximate surface area is 108 Å². The zero-order valence-corrected chi connectivity index (χ0v) is 10.0. The lowest BCUT2D eigenvalue weighted by atomic mass is 10.1. The van der Waals surface area contributed by atoms with E-state index >= 15 is 0 Å². The van der Waals surface area contributed by atoms with Crippen molar-refractivity contribution in [1.29, 1.82) is 0 Å². The lowest BCUT2D eigenvalue weighted by Crippen LogP contribution is -2.41. The van der Waals surface area contributed by atoms with E-state index in [-0.39, 0.29) is 12.0 Å². The summed E-state index contributed by atoms with van der Waals surface area (Å²) in [5, 5.41) is 11.0. The van der Waals surface area contributed by atoms with E-state index in [1.807, 2.05) is 0 Å². The Balaban J connectivity index is 2.74. The molecule has 2 N–H and O–H groups in total. The third-order valence-corrected chi connectivity index (χ3v) is 2.43. The number of amides is 1. The Hall–Kier alpha value is -2.24. The van der Waals surface area contributed by atoms with Gasteiger partial charge in [0.25, 0.3) is 0 Å². The zero-order chi connectivity index (χ0) is 14.4. The van der Waals surface area contributed by atoms with Gasteiger partial charge in [-0.3, -0.25) is 4.79 Å². The highest BCUT2D eigenvalue weighted by Gasteiger charge is 2.20. The van der Waals surface area contributed by atoms with Crippen molar-refractivity contribution in [3.05, 3.63) is 48.1 Å². The Morgan fingerprint density at radius 3 is 2.42 bits per heavy atom. The van der Waals surface area contributed by atoms with Gasteiger partial charge in [0.1, 0.15) is 17.7 Å². The molecule has 102 valence electrons. The SMILES string of the molecule is C=CC[C@H](NC(=O)Cc1c(F)cccc1F)C(=O)O. The molecule has 0 radical (unpaired) electrons. The molecule has 1 aromatic carbocycles. The average Bonchev–Trinajstić information content (AvgIpc) is 2.33. The van der Waals surface area contributed by atoms with E-state index in [0.717, 1.165) is 12.1 Å². The fraction of sp³-hybridized carbons (Fsp3) is 0.231. The second-order valence-corrected chi connectivity index (χ2v) is 3.86. The molecule has 0 heterocycles. The van der Waals surface area contributed by atoms with Crippen molar-refractivity contribution in [3.8, 4) is 0 Å². The lowest BCUT2D eigenvalue weighted by molar-refractivity contribution is -0.141. The smallest absolute Gasteiger partial charge is 0.326 e. The minimum absolute atomic E-state index is 0.0286. The van der Waals surface area contributed by atoms with Gasteiger partial charge >= 0.3 is 5.97 Å². The molecule has 0 aliphatic heterocycles. The van der Waals surface area contributed by atoms with Crippen LogP contribution in [0.1, 0.15) is 12.0 Å². The predicted octanol–water partition coefficient (Wildman–Crippen LogP) is 1.65. The Bertz CT molecular complexity index is 482. The van der Waals surface area contributed by atoms with Crippen LogP contribution in [0, 0.1) is 11.6 Å². The van der Waals surface area contributed by atoms with Crippen LogP contribution in [0.3, 0.4) is 0 Å². The van der Waals surface area contributed by atoms with E-state index in [2.05, 4.69) is 11.9 Å². The summed E-state index contributed by atoms with van der Waals surface area (Å²) in [5.41, 5.74) is -0.386. The summed E-state index contributed by atoms with van der Waals surface area (Å²) in [7, 11) is 0. The Kier molecular flexibility index (Phi) is 5.17. The molecule has 6 heteroatoms. The molecule has 0 bridgehead atoms. The monoisotopic (exact) mass is 269 g/mol. The molecule has 19 heavy (non-hydrogen) atoms. The first-order valence-electron chi connectivity index (χ1n) is 5.51. The number of carboxylic acid groups (broad SMARTS) is 1. The van der Waals surface area contributed by atoms with Crippen molar-refractivity contribution in [2.75, 3.05) is 0 Å². The average molecular weight is 269 g/mol. The summed E-state index contributed by atoms with van der Waals surface area (Å²) in [4.78, 5) is 22.4. The summed E-state index contributed by atoms with van der Waals surface area (Å²) < 4.78 is 26.6. The molecule has 1 aromatic rings. The van der Waals surface area contributed by atoms with Gasteiger partial charge in [0.15, 0.2) is 0 Å². The Morgan fingerprint density at radius 2 is 1.95 bits per heavy atom. The predicted molar refractivity (Wildman–Crippen MR) is 64.4 cm³/mol. The van der Waals surface area contributed by atoms with E-state index in [0.29, 0.717) is 0 Å². The van der Waals surface area contributed by atoms with Crippen molar-refractivity contribution < 1.29 is 23.5 Å². The topological polar surface area (TPSA) is 66.4 Å². The van der Waals surface area contributed by atoms with Crippen LogP contribution in [0.2, 0.25) is 0 Å². The molecule has 0 saturated carbocycles. The quantitative estimate of drug-likeness (QED) is 0.772. The number of carbonyl (C=O) groups excluding carboxylic acids is 1. The fourth-order valence-corrected chi connectivity index (χ4v) is 1.50. The third-order valence-electron chi connectivity index (χ3n) is 2.43. The van der Waals surface area contributed by atoms with E-state index in [1.54, 1.807) is 0 Å². The minimum Gasteiger partial charge on any atom is -0.480 e. The molecule has 0 unspecified atom stereocenters. The van der Waals surface area contributed by atoms with Gasteiger partial charge in [0.2, 0.25) is 5.91 Å². The molecule has 0 fully saturated rings. The van der Waals surface area contributed by atoms with Crippen LogP contribution in [0.25, 0.3) is 0 Å². The van der Waals surface area contributed by atoms with Gasteiger partial charge < -0.3 is 10.4 Å². The van der Waals surface area contributed by atoms with Gasteiger partial charge in [0, 0.05) is 5.56 Å². The summed E-state index contributed by atoms with van der Waals surface area (Å²) in [6, 6.07) is 2.10. The van der Waals surface area contributed by atoms with E-state index in [1.165, 1.54) is 12.1 Å². The number of halogens is 2. The highest BCUT2D eigenvalue weighted by Crippen LogP contribution is 2.12. The summed E-state index contributed by atoms with van der Waals surface area (Å²) >= 11 is 0. The van der Waals surface area contributed by atoms with Crippen LogP contribution in [0.5, 0.6) is 0 Å². The number of aliphatic carboxylic acids is 1. The van der Waals surface area contributed by atoms with Crippen molar-refractivity contribution in [1.82, 2.24) is 5.32 Å². The standard InChI is InChI=1S/C13H13F2NO3/c1-2-4-11(13(18)19)16-12(17)7-8-9(14)5-3-6-10(8)15/h2-3,5-6,11H,1,4,7H2,(H,16,17)(H,18,19)/t11-/m0/s1. The van der Waals surface area contributed by atoms with Gasteiger partial charge in [-0.1, -0.05) is 12.1 Å². The highest BCUT2D eigenvalue weighted by molar-refractivity contribution is 5.85. The molecule has 0 spiro atoms. The van der Waals surface area contributed by atoms with Crippen LogP contribution in [0.4, 0.5) is 8.78 Å². The minimum atomic E-state index is -1.23. The largest absolute Gasteiger partial charge is 0.480 e. The van der Waals surface area contributed by atoms with Gasteiger partial charge in [-0.05, 0) is 18.6 Å². The summed E-state index contributed by atoms with van der Waals surface area (Å²) in [6.07, 6.45) is 0.809. The molecule has 0 saturated heterocycles. The van der Waals surface area contributed by atoms with Crippen molar-refractivity contribution in [3.63, 3.8) is 0 Å². The van der Waals surface area contributed by atoms with Crippen molar-refractivity contribution in [2.45, 2.75) is 18.9 Å². The molecule has 0 aromatic heterocycles. The molecule has 1 rings (SSSR count). The first-order valence-corrected chi connectivity index (χ1v) is 5.51. The maximum atomic E-state index is 13.3.